The molecule has 0 N–H and O–H groups in total. The fourth-order valence-corrected chi connectivity index (χ4v) is 6.46. The molecule has 198 valence electrons. The van der Waals surface area contributed by atoms with E-state index in [4.69, 9.17) is 21.2 Å². The minimum Gasteiger partial charge on any atom is -0.494 e. The zero-order valence-corrected chi connectivity index (χ0v) is 22.5. The molecule has 2 saturated heterocycles. The number of hydroxylamine groups is 1. The molecule has 2 aliphatic heterocycles. The summed E-state index contributed by atoms with van der Waals surface area (Å²) in [5.74, 6) is -1.14. The predicted octanol–water partition coefficient (Wildman–Crippen LogP) is 5.39. The SMILES string of the molecule is CCCOc1ccc(N2C(=O)[C@H]3[C@H](ON(c4ccccc4)[C@H]3c3sc(=O)n(-c4ccccc4)c3Cl)C2=O)cc1. The van der Waals surface area contributed by atoms with Crippen molar-refractivity contribution in [1.82, 2.24) is 4.57 Å². The number of imide groups is 1. The third-order valence-corrected chi connectivity index (χ3v) is 8.25. The number of ether oxygens (including phenoxy) is 1. The molecule has 1 aromatic heterocycles. The van der Waals surface area contributed by atoms with Gasteiger partial charge in [0, 0.05) is 0 Å². The number of amides is 2. The molecule has 3 atom stereocenters. The Morgan fingerprint density at radius 1 is 0.846 bits per heavy atom. The van der Waals surface area contributed by atoms with Crippen LogP contribution in [0.3, 0.4) is 0 Å². The van der Waals surface area contributed by atoms with E-state index in [9.17, 15) is 14.4 Å². The molecule has 0 spiro atoms. The van der Waals surface area contributed by atoms with Gasteiger partial charge in [-0.1, -0.05) is 66.3 Å². The number of halogens is 1. The van der Waals surface area contributed by atoms with Crippen molar-refractivity contribution in [1.29, 1.82) is 0 Å². The molecule has 2 fully saturated rings. The number of benzene rings is 3. The second-order valence-electron chi connectivity index (χ2n) is 9.21. The fraction of sp³-hybridized carbons (Fsp3) is 0.207. The summed E-state index contributed by atoms with van der Waals surface area (Å²) in [6.07, 6.45) is -0.206. The number of para-hydroxylation sites is 2. The summed E-state index contributed by atoms with van der Waals surface area (Å²) in [5.41, 5.74) is 1.68. The van der Waals surface area contributed by atoms with Crippen molar-refractivity contribution in [3.8, 4) is 11.4 Å². The van der Waals surface area contributed by atoms with Crippen LogP contribution in [0.15, 0.2) is 89.7 Å². The molecule has 2 amide bonds. The molecule has 3 heterocycles. The van der Waals surface area contributed by atoms with Crippen LogP contribution in [0, 0.1) is 5.92 Å². The molecule has 3 aromatic carbocycles. The van der Waals surface area contributed by atoms with Crippen LogP contribution in [0.5, 0.6) is 5.75 Å². The zero-order valence-electron chi connectivity index (χ0n) is 20.9. The van der Waals surface area contributed by atoms with E-state index in [1.807, 2.05) is 55.5 Å². The zero-order chi connectivity index (χ0) is 27.1. The van der Waals surface area contributed by atoms with Crippen molar-refractivity contribution in [2.45, 2.75) is 25.5 Å². The first-order chi connectivity index (χ1) is 19.0. The number of hydrogen-bond donors (Lipinski definition) is 0. The monoisotopic (exact) mass is 561 g/mol. The van der Waals surface area contributed by atoms with Gasteiger partial charge in [-0.3, -0.25) is 23.8 Å². The van der Waals surface area contributed by atoms with E-state index in [-0.39, 0.29) is 10.0 Å². The number of hydrogen-bond acceptors (Lipinski definition) is 7. The Labute approximate surface area is 233 Å². The van der Waals surface area contributed by atoms with Gasteiger partial charge in [0.05, 0.1) is 28.5 Å². The maximum atomic E-state index is 13.9. The van der Waals surface area contributed by atoms with Crippen molar-refractivity contribution in [3.63, 3.8) is 0 Å². The van der Waals surface area contributed by atoms with Crippen LogP contribution in [-0.4, -0.2) is 29.1 Å². The second-order valence-corrected chi connectivity index (χ2v) is 10.6. The number of rotatable bonds is 7. The molecule has 0 saturated carbocycles. The average molecular weight is 562 g/mol. The molecule has 39 heavy (non-hydrogen) atoms. The summed E-state index contributed by atoms with van der Waals surface area (Å²) in [7, 11) is 0. The lowest BCUT2D eigenvalue weighted by Gasteiger charge is -2.28. The standard InChI is InChI=1S/C29H24ClN3O5S/c1-2-17-37-21-15-13-19(14-16-21)32-27(34)22-23(33(38-24(22)28(32)35)20-11-7-4-8-12-20)25-26(30)31(29(36)39-25)18-9-5-3-6-10-18/h3-16,22-24H,2,17H2,1H3/t22-,23-,24+/m1/s1. The summed E-state index contributed by atoms with van der Waals surface area (Å²) in [4.78, 5) is 48.2. The third-order valence-electron chi connectivity index (χ3n) is 6.76. The Morgan fingerprint density at radius 3 is 2.13 bits per heavy atom. The lowest BCUT2D eigenvalue weighted by Crippen LogP contribution is -2.37. The number of nitrogens with zero attached hydrogens (tertiary/aromatic N) is 3. The summed E-state index contributed by atoms with van der Waals surface area (Å²) in [6, 6.07) is 24.3. The smallest absolute Gasteiger partial charge is 0.313 e. The number of carbonyl (C=O) groups is 2. The number of fused-ring (bicyclic) bond motifs is 1. The molecule has 0 bridgehead atoms. The van der Waals surface area contributed by atoms with E-state index in [0.29, 0.717) is 34.3 Å². The lowest BCUT2D eigenvalue weighted by molar-refractivity contribution is -0.126. The number of carbonyl (C=O) groups excluding carboxylic acids is 2. The molecule has 4 aromatic rings. The van der Waals surface area contributed by atoms with Crippen LogP contribution in [0.1, 0.15) is 24.3 Å². The van der Waals surface area contributed by atoms with Crippen molar-refractivity contribution in [2.24, 2.45) is 5.92 Å². The Bertz CT molecular complexity index is 1570. The number of thiazole rings is 1. The Balaban J connectivity index is 1.42. The van der Waals surface area contributed by atoms with Gasteiger partial charge < -0.3 is 4.74 Å². The molecular formula is C29H24ClN3O5S. The van der Waals surface area contributed by atoms with Gasteiger partial charge in [0.1, 0.15) is 22.9 Å². The van der Waals surface area contributed by atoms with Crippen LogP contribution in [0.25, 0.3) is 5.69 Å². The fourth-order valence-electron chi connectivity index (χ4n) is 5.00. The van der Waals surface area contributed by atoms with Crippen molar-refractivity contribution in [3.05, 3.63) is 105 Å². The van der Waals surface area contributed by atoms with Crippen molar-refractivity contribution < 1.29 is 19.2 Å². The van der Waals surface area contributed by atoms with Gasteiger partial charge in [0.15, 0.2) is 6.10 Å². The highest BCUT2D eigenvalue weighted by atomic mass is 35.5. The van der Waals surface area contributed by atoms with Crippen LogP contribution >= 0.6 is 22.9 Å². The van der Waals surface area contributed by atoms with E-state index in [0.717, 1.165) is 22.7 Å². The minimum absolute atomic E-state index is 0.183. The van der Waals surface area contributed by atoms with Gasteiger partial charge in [0.25, 0.3) is 5.91 Å². The van der Waals surface area contributed by atoms with Crippen LogP contribution in [-0.2, 0) is 14.4 Å². The topological polar surface area (TPSA) is 81.1 Å². The van der Waals surface area contributed by atoms with E-state index in [2.05, 4.69) is 0 Å². The van der Waals surface area contributed by atoms with Crippen LogP contribution < -0.4 is 19.6 Å². The molecule has 0 radical (unpaired) electrons. The summed E-state index contributed by atoms with van der Waals surface area (Å²) in [6.45, 7) is 2.59. The first-order valence-electron chi connectivity index (χ1n) is 12.6. The highest BCUT2D eigenvalue weighted by Gasteiger charge is 2.61. The molecular weight excluding hydrogens is 538 g/mol. The highest BCUT2D eigenvalue weighted by molar-refractivity contribution is 7.10. The van der Waals surface area contributed by atoms with Crippen molar-refractivity contribution >= 4 is 46.1 Å². The van der Waals surface area contributed by atoms with E-state index < -0.39 is 29.9 Å². The molecule has 8 nitrogen and oxygen atoms in total. The van der Waals surface area contributed by atoms with Gasteiger partial charge in [-0.25, -0.2) is 9.96 Å². The number of aromatic nitrogens is 1. The first-order valence-corrected chi connectivity index (χ1v) is 13.8. The number of anilines is 2. The summed E-state index contributed by atoms with van der Waals surface area (Å²) < 4.78 is 7.05. The molecule has 10 heteroatoms. The largest absolute Gasteiger partial charge is 0.494 e. The molecule has 2 aliphatic rings. The van der Waals surface area contributed by atoms with Gasteiger partial charge in [-0.05, 0) is 55.0 Å². The normalized spacial score (nSPS) is 20.5. The maximum absolute atomic E-state index is 13.9. The summed E-state index contributed by atoms with van der Waals surface area (Å²) >= 11 is 7.80. The predicted molar refractivity (Wildman–Crippen MR) is 150 cm³/mol. The second kappa shape index (κ2) is 10.3. The quantitative estimate of drug-likeness (QED) is 0.281. The van der Waals surface area contributed by atoms with E-state index in [1.165, 1.54) is 9.63 Å². The van der Waals surface area contributed by atoms with Crippen molar-refractivity contribution in [2.75, 3.05) is 16.6 Å². The highest BCUT2D eigenvalue weighted by Crippen LogP contribution is 2.50. The molecule has 6 rings (SSSR count). The van der Waals surface area contributed by atoms with Gasteiger partial charge in [-0.2, -0.15) is 0 Å². The van der Waals surface area contributed by atoms with E-state index in [1.54, 1.807) is 36.4 Å². The average Bonchev–Trinajstić information content (AvgIpc) is 3.57. The summed E-state index contributed by atoms with van der Waals surface area (Å²) in [5, 5.41) is 1.72. The van der Waals surface area contributed by atoms with Gasteiger partial charge >= 0.3 is 4.87 Å². The Kier molecular flexibility index (Phi) is 6.72. The van der Waals surface area contributed by atoms with Crippen LogP contribution in [0.4, 0.5) is 11.4 Å². The Morgan fingerprint density at radius 2 is 1.49 bits per heavy atom. The van der Waals surface area contributed by atoms with Gasteiger partial charge in [-0.15, -0.1) is 0 Å². The molecule has 0 aliphatic carbocycles. The Hall–Kier alpha value is -3.92. The first kappa shape index (κ1) is 25.4. The molecule has 0 unspecified atom stereocenters. The third kappa shape index (κ3) is 4.32. The lowest BCUT2D eigenvalue weighted by atomic mass is 9.95. The maximum Gasteiger partial charge on any atom is 0.313 e. The van der Waals surface area contributed by atoms with Crippen LogP contribution in [0.2, 0.25) is 5.15 Å². The minimum atomic E-state index is -1.07. The van der Waals surface area contributed by atoms with Gasteiger partial charge in [0.2, 0.25) is 5.91 Å². The van der Waals surface area contributed by atoms with E-state index >= 15 is 0 Å².